The molecule has 0 saturated carbocycles. The molecule has 0 unspecified atom stereocenters. The number of anilines is 1. The number of hydrogen-bond acceptors (Lipinski definition) is 4. The minimum absolute atomic E-state index is 0.205. The number of carbonyl (C=O) groups is 1. The Kier molecular flexibility index (Phi) is 4.90. The highest BCUT2D eigenvalue weighted by Gasteiger charge is 2.12. The number of aromatic nitrogens is 1. The first-order chi connectivity index (χ1) is 10.1. The molecule has 0 aliphatic carbocycles. The van der Waals surface area contributed by atoms with Crippen LogP contribution in [0.3, 0.4) is 0 Å². The molecule has 0 radical (unpaired) electrons. The molecule has 110 valence electrons. The van der Waals surface area contributed by atoms with Gasteiger partial charge in [-0.15, -0.1) is 0 Å². The number of carbonyl (C=O) groups excluding carboxylic acids is 1. The van der Waals surface area contributed by atoms with E-state index < -0.39 is 0 Å². The number of ether oxygens (including phenoxy) is 1. The maximum Gasteiger partial charge on any atom is 0.257 e. The van der Waals surface area contributed by atoms with Gasteiger partial charge in [-0.3, -0.25) is 9.78 Å². The van der Waals surface area contributed by atoms with Gasteiger partial charge in [0.25, 0.3) is 5.91 Å². The van der Waals surface area contributed by atoms with Crippen LogP contribution in [-0.2, 0) is 0 Å². The normalized spacial score (nSPS) is 10.2. The summed E-state index contributed by atoms with van der Waals surface area (Å²) in [5.74, 6) is 0.401. The van der Waals surface area contributed by atoms with Gasteiger partial charge in [-0.05, 0) is 38.1 Å². The van der Waals surface area contributed by atoms with Crippen molar-refractivity contribution < 1.29 is 9.53 Å². The zero-order chi connectivity index (χ0) is 15.2. The summed E-state index contributed by atoms with van der Waals surface area (Å²) < 4.78 is 5.52. The molecule has 3 N–H and O–H groups in total. The molecule has 2 aromatic rings. The molecule has 0 bridgehead atoms. The quantitative estimate of drug-likeness (QED) is 0.883. The van der Waals surface area contributed by atoms with Crippen molar-refractivity contribution in [2.45, 2.75) is 13.8 Å². The fourth-order valence-electron chi connectivity index (χ4n) is 1.98. The Morgan fingerprint density at radius 3 is 2.71 bits per heavy atom. The largest absolute Gasteiger partial charge is 0.490 e. The Hall–Kier alpha value is -2.40. The molecule has 2 rings (SSSR count). The van der Waals surface area contributed by atoms with Gasteiger partial charge in [0.2, 0.25) is 0 Å². The summed E-state index contributed by atoms with van der Waals surface area (Å²) in [6.07, 6.45) is 0. The molecule has 0 fully saturated rings. The number of nitrogens with zero attached hydrogens (tertiary/aromatic N) is 1. The highest BCUT2D eigenvalue weighted by molar-refractivity contribution is 6.05. The Bertz CT molecular complexity index is 641. The Balaban J connectivity index is 2.19. The van der Waals surface area contributed by atoms with E-state index in [4.69, 9.17) is 10.5 Å². The van der Waals surface area contributed by atoms with E-state index >= 15 is 0 Å². The lowest BCUT2D eigenvalue weighted by Gasteiger charge is -2.12. The van der Waals surface area contributed by atoms with Crippen LogP contribution in [0.4, 0.5) is 5.69 Å². The number of para-hydroxylation sites is 2. The Morgan fingerprint density at radius 1 is 1.24 bits per heavy atom. The Morgan fingerprint density at radius 2 is 2.00 bits per heavy atom. The number of hydrogen-bond donors (Lipinski definition) is 2. The van der Waals surface area contributed by atoms with E-state index in [-0.39, 0.29) is 5.91 Å². The standard InChI is InChI=1S/C16H19N3O2/c1-11-7-8-13(12(2)18-11)16(20)19-14-5-3-4-6-15(14)21-10-9-17/h3-8H,9-10,17H2,1-2H3,(H,19,20). The van der Waals surface area contributed by atoms with E-state index in [1.54, 1.807) is 18.2 Å². The average Bonchev–Trinajstić information content (AvgIpc) is 2.46. The average molecular weight is 285 g/mol. The summed E-state index contributed by atoms with van der Waals surface area (Å²) in [6.45, 7) is 4.53. The topological polar surface area (TPSA) is 77.2 Å². The second-order valence-corrected chi connectivity index (χ2v) is 4.67. The van der Waals surface area contributed by atoms with Crippen molar-refractivity contribution in [1.29, 1.82) is 0 Å². The third-order valence-corrected chi connectivity index (χ3v) is 2.98. The fourth-order valence-corrected chi connectivity index (χ4v) is 1.98. The maximum absolute atomic E-state index is 12.3. The van der Waals surface area contributed by atoms with E-state index in [9.17, 15) is 4.79 Å². The molecular formula is C16H19N3O2. The smallest absolute Gasteiger partial charge is 0.257 e. The van der Waals surface area contributed by atoms with Gasteiger partial charge in [0, 0.05) is 12.2 Å². The molecule has 1 aromatic carbocycles. The molecule has 5 heteroatoms. The van der Waals surface area contributed by atoms with Crippen molar-refractivity contribution >= 4 is 11.6 Å². The minimum atomic E-state index is -0.205. The molecule has 0 aliphatic heterocycles. The van der Waals surface area contributed by atoms with Gasteiger partial charge in [-0.25, -0.2) is 0 Å². The van der Waals surface area contributed by atoms with Crippen LogP contribution < -0.4 is 15.8 Å². The van der Waals surface area contributed by atoms with Crippen LogP contribution in [-0.4, -0.2) is 24.0 Å². The number of nitrogens with one attached hydrogen (secondary N) is 1. The number of benzene rings is 1. The van der Waals surface area contributed by atoms with Crippen LogP contribution in [0.25, 0.3) is 0 Å². The first-order valence-corrected chi connectivity index (χ1v) is 6.79. The summed E-state index contributed by atoms with van der Waals surface area (Å²) in [4.78, 5) is 16.6. The van der Waals surface area contributed by atoms with Crippen LogP contribution in [0.1, 0.15) is 21.7 Å². The van der Waals surface area contributed by atoms with Crippen molar-refractivity contribution in [3.05, 3.63) is 53.3 Å². The predicted octanol–water partition coefficient (Wildman–Crippen LogP) is 2.29. The van der Waals surface area contributed by atoms with Gasteiger partial charge in [0.1, 0.15) is 12.4 Å². The molecular weight excluding hydrogens is 266 g/mol. The van der Waals surface area contributed by atoms with Crippen LogP contribution in [0.2, 0.25) is 0 Å². The van der Waals surface area contributed by atoms with Gasteiger partial charge in [0.15, 0.2) is 0 Å². The highest BCUT2D eigenvalue weighted by Crippen LogP contribution is 2.24. The van der Waals surface area contributed by atoms with Gasteiger partial charge in [0.05, 0.1) is 16.9 Å². The molecule has 0 spiro atoms. The molecule has 1 heterocycles. The highest BCUT2D eigenvalue weighted by atomic mass is 16.5. The first-order valence-electron chi connectivity index (χ1n) is 6.79. The van der Waals surface area contributed by atoms with Gasteiger partial charge >= 0.3 is 0 Å². The van der Waals surface area contributed by atoms with Crippen LogP contribution in [0.5, 0.6) is 5.75 Å². The van der Waals surface area contributed by atoms with Crippen LogP contribution >= 0.6 is 0 Å². The molecule has 21 heavy (non-hydrogen) atoms. The fraction of sp³-hybridized carbons (Fsp3) is 0.250. The summed E-state index contributed by atoms with van der Waals surface area (Å²) in [7, 11) is 0. The number of amides is 1. The lowest BCUT2D eigenvalue weighted by Crippen LogP contribution is -2.16. The number of aryl methyl sites for hydroxylation is 2. The summed E-state index contributed by atoms with van der Waals surface area (Å²) in [6, 6.07) is 10.9. The zero-order valence-electron chi connectivity index (χ0n) is 12.2. The minimum Gasteiger partial charge on any atom is -0.490 e. The van der Waals surface area contributed by atoms with E-state index in [0.29, 0.717) is 35.8 Å². The lowest BCUT2D eigenvalue weighted by atomic mass is 10.1. The van der Waals surface area contributed by atoms with Crippen LogP contribution in [0.15, 0.2) is 36.4 Å². The molecule has 5 nitrogen and oxygen atoms in total. The van der Waals surface area contributed by atoms with Crippen molar-refractivity contribution in [1.82, 2.24) is 4.98 Å². The SMILES string of the molecule is Cc1ccc(C(=O)Nc2ccccc2OCCN)c(C)n1. The maximum atomic E-state index is 12.3. The van der Waals surface area contributed by atoms with Gasteiger partial charge < -0.3 is 15.8 Å². The van der Waals surface area contributed by atoms with Crippen molar-refractivity contribution in [3.8, 4) is 5.75 Å². The lowest BCUT2D eigenvalue weighted by molar-refractivity contribution is 0.102. The van der Waals surface area contributed by atoms with Crippen molar-refractivity contribution in [2.75, 3.05) is 18.5 Å². The van der Waals surface area contributed by atoms with Gasteiger partial charge in [-0.2, -0.15) is 0 Å². The molecule has 0 aliphatic rings. The second-order valence-electron chi connectivity index (χ2n) is 4.67. The molecule has 1 aromatic heterocycles. The van der Waals surface area contributed by atoms with Crippen molar-refractivity contribution in [3.63, 3.8) is 0 Å². The zero-order valence-corrected chi connectivity index (χ0v) is 12.2. The van der Waals surface area contributed by atoms with E-state index in [2.05, 4.69) is 10.3 Å². The van der Waals surface area contributed by atoms with E-state index in [0.717, 1.165) is 5.69 Å². The molecule has 0 atom stereocenters. The number of nitrogens with two attached hydrogens (primary N) is 1. The molecule has 0 saturated heterocycles. The summed E-state index contributed by atoms with van der Waals surface area (Å²) in [5, 5.41) is 2.85. The third kappa shape index (κ3) is 3.79. The monoisotopic (exact) mass is 285 g/mol. The number of rotatable bonds is 5. The number of pyridine rings is 1. The summed E-state index contributed by atoms with van der Waals surface area (Å²) >= 11 is 0. The van der Waals surface area contributed by atoms with Gasteiger partial charge in [-0.1, -0.05) is 12.1 Å². The third-order valence-electron chi connectivity index (χ3n) is 2.98. The second kappa shape index (κ2) is 6.85. The summed E-state index contributed by atoms with van der Waals surface area (Å²) in [5.41, 5.74) is 8.19. The molecule has 1 amide bonds. The van der Waals surface area contributed by atoms with Crippen LogP contribution in [0, 0.1) is 13.8 Å². The van der Waals surface area contributed by atoms with E-state index in [1.807, 2.05) is 32.0 Å². The van der Waals surface area contributed by atoms with Crippen molar-refractivity contribution in [2.24, 2.45) is 5.73 Å². The first kappa shape index (κ1) is 15.0. The predicted molar refractivity (Wildman–Crippen MR) is 82.7 cm³/mol. The Labute approximate surface area is 124 Å². The van der Waals surface area contributed by atoms with E-state index in [1.165, 1.54) is 0 Å².